The number of carbonyl (C=O) groups is 2. The highest BCUT2D eigenvalue weighted by molar-refractivity contribution is 5.96. The summed E-state index contributed by atoms with van der Waals surface area (Å²) in [6, 6.07) is 24.1. The highest BCUT2D eigenvalue weighted by Gasteiger charge is 2.22. The van der Waals surface area contributed by atoms with Crippen molar-refractivity contribution in [3.05, 3.63) is 84.4 Å². The van der Waals surface area contributed by atoms with Crippen molar-refractivity contribution in [3.63, 3.8) is 0 Å². The summed E-state index contributed by atoms with van der Waals surface area (Å²) in [4.78, 5) is 26.9. The van der Waals surface area contributed by atoms with Crippen LogP contribution in [0.4, 0.5) is 11.4 Å². The first-order chi connectivity index (χ1) is 15.2. The van der Waals surface area contributed by atoms with Crippen molar-refractivity contribution < 1.29 is 19.1 Å². The lowest BCUT2D eigenvalue weighted by Gasteiger charge is -2.29. The van der Waals surface area contributed by atoms with Crippen LogP contribution >= 0.6 is 0 Å². The van der Waals surface area contributed by atoms with Crippen LogP contribution in [-0.4, -0.2) is 31.6 Å². The maximum absolute atomic E-state index is 12.8. The summed E-state index contributed by atoms with van der Waals surface area (Å²) in [5, 5.41) is 2.79. The summed E-state index contributed by atoms with van der Waals surface area (Å²) < 4.78 is 11.3. The predicted molar refractivity (Wildman–Crippen MR) is 120 cm³/mol. The summed E-state index contributed by atoms with van der Waals surface area (Å²) in [7, 11) is 0. The van der Waals surface area contributed by atoms with Gasteiger partial charge in [-0.15, -0.1) is 0 Å². The van der Waals surface area contributed by atoms with Gasteiger partial charge in [-0.1, -0.05) is 48.5 Å². The molecule has 6 nitrogen and oxygen atoms in total. The van der Waals surface area contributed by atoms with Gasteiger partial charge in [-0.25, -0.2) is 0 Å². The van der Waals surface area contributed by atoms with Gasteiger partial charge in [0.15, 0.2) is 13.2 Å². The summed E-state index contributed by atoms with van der Waals surface area (Å²) in [5.41, 5.74) is 2.62. The molecule has 0 bridgehead atoms. The Kier molecular flexibility index (Phi) is 6.47. The fourth-order valence-electron chi connectivity index (χ4n) is 3.56. The molecule has 0 atom stereocenters. The maximum Gasteiger partial charge on any atom is 0.264 e. The first-order valence-corrected chi connectivity index (χ1v) is 10.3. The van der Waals surface area contributed by atoms with Gasteiger partial charge in [-0.2, -0.15) is 0 Å². The summed E-state index contributed by atoms with van der Waals surface area (Å²) in [6.07, 6.45) is 1.90. The van der Waals surface area contributed by atoms with Gasteiger partial charge in [-0.05, 0) is 48.7 Å². The van der Waals surface area contributed by atoms with Gasteiger partial charge in [-0.3, -0.25) is 9.59 Å². The maximum atomic E-state index is 12.8. The number of anilines is 2. The third-order valence-electron chi connectivity index (χ3n) is 5.04. The molecule has 158 valence electrons. The van der Waals surface area contributed by atoms with E-state index in [2.05, 4.69) is 11.4 Å². The molecule has 0 radical (unpaired) electrons. The van der Waals surface area contributed by atoms with Crippen LogP contribution in [0, 0.1) is 0 Å². The zero-order valence-corrected chi connectivity index (χ0v) is 17.1. The number of nitrogens with zero attached hydrogens (tertiary/aromatic N) is 1. The quantitative estimate of drug-likeness (QED) is 0.631. The molecule has 1 aliphatic heterocycles. The first kappa shape index (κ1) is 20.5. The minimum atomic E-state index is -0.309. The van der Waals surface area contributed by atoms with Crippen LogP contribution in [0.15, 0.2) is 78.9 Å². The molecule has 4 rings (SSSR count). The van der Waals surface area contributed by atoms with Crippen molar-refractivity contribution in [2.75, 3.05) is 30.0 Å². The van der Waals surface area contributed by atoms with Crippen molar-refractivity contribution in [1.82, 2.24) is 0 Å². The number of rotatable bonds is 7. The Morgan fingerprint density at radius 3 is 2.45 bits per heavy atom. The van der Waals surface area contributed by atoms with Crippen LogP contribution in [0.2, 0.25) is 0 Å². The van der Waals surface area contributed by atoms with Crippen LogP contribution in [0.1, 0.15) is 12.0 Å². The Morgan fingerprint density at radius 2 is 1.58 bits per heavy atom. The van der Waals surface area contributed by atoms with Crippen molar-refractivity contribution in [1.29, 1.82) is 0 Å². The Morgan fingerprint density at radius 1 is 0.839 bits per heavy atom. The van der Waals surface area contributed by atoms with Gasteiger partial charge in [0.2, 0.25) is 0 Å². The second-order valence-electron chi connectivity index (χ2n) is 7.21. The van der Waals surface area contributed by atoms with Gasteiger partial charge >= 0.3 is 0 Å². The number of amides is 2. The van der Waals surface area contributed by atoms with E-state index < -0.39 is 0 Å². The van der Waals surface area contributed by atoms with Crippen LogP contribution in [0.25, 0.3) is 0 Å². The van der Waals surface area contributed by atoms with Crippen molar-refractivity contribution >= 4 is 23.2 Å². The zero-order chi connectivity index (χ0) is 21.5. The van der Waals surface area contributed by atoms with E-state index in [0.717, 1.165) is 18.5 Å². The molecule has 3 aromatic rings. The van der Waals surface area contributed by atoms with Gasteiger partial charge < -0.3 is 19.7 Å². The second kappa shape index (κ2) is 9.80. The Bertz CT molecular complexity index is 1050. The van der Waals surface area contributed by atoms with Crippen LogP contribution in [0.3, 0.4) is 0 Å². The SMILES string of the molecule is O=C(COc1ccccc1)Nc1ccccc1OCC(=O)N1CCCc2ccccc21. The average molecular weight is 416 g/mol. The molecular weight excluding hydrogens is 392 g/mol. The number of fused-ring (bicyclic) bond motifs is 1. The molecular formula is C25H24N2O4. The standard InChI is InChI=1S/C25H24N2O4/c28-24(17-30-20-11-2-1-3-12-20)26-21-13-5-7-15-23(21)31-18-25(29)27-16-8-10-19-9-4-6-14-22(19)27/h1-7,9,11-15H,8,10,16-18H2,(H,26,28). The fraction of sp³-hybridized carbons (Fsp3) is 0.200. The summed E-state index contributed by atoms with van der Waals surface area (Å²) in [6.45, 7) is 0.442. The molecule has 0 unspecified atom stereocenters. The molecule has 0 fully saturated rings. The van der Waals surface area contributed by atoms with E-state index in [4.69, 9.17) is 9.47 Å². The number of hydrogen-bond donors (Lipinski definition) is 1. The second-order valence-corrected chi connectivity index (χ2v) is 7.21. The lowest BCUT2D eigenvalue weighted by atomic mass is 10.0. The lowest BCUT2D eigenvalue weighted by molar-refractivity contribution is -0.120. The minimum Gasteiger partial charge on any atom is -0.484 e. The number of hydrogen-bond acceptors (Lipinski definition) is 4. The fourth-order valence-corrected chi connectivity index (χ4v) is 3.56. The monoisotopic (exact) mass is 416 g/mol. The minimum absolute atomic E-state index is 0.109. The number of ether oxygens (including phenoxy) is 2. The number of carbonyl (C=O) groups excluding carboxylic acids is 2. The van der Waals surface area contributed by atoms with E-state index in [1.54, 1.807) is 41.3 Å². The summed E-state index contributed by atoms with van der Waals surface area (Å²) in [5.74, 6) is 0.640. The molecule has 0 saturated carbocycles. The largest absolute Gasteiger partial charge is 0.484 e. The molecule has 1 aliphatic rings. The number of para-hydroxylation sites is 4. The van der Waals surface area contributed by atoms with Crippen molar-refractivity contribution in [2.45, 2.75) is 12.8 Å². The Hall–Kier alpha value is -3.80. The van der Waals surface area contributed by atoms with Crippen LogP contribution in [0.5, 0.6) is 11.5 Å². The third kappa shape index (κ3) is 5.22. The number of aryl methyl sites for hydroxylation is 1. The molecule has 0 saturated heterocycles. The van der Waals surface area contributed by atoms with E-state index in [9.17, 15) is 9.59 Å². The highest BCUT2D eigenvalue weighted by Crippen LogP contribution is 2.28. The molecule has 0 spiro atoms. The van der Waals surface area contributed by atoms with Crippen LogP contribution in [-0.2, 0) is 16.0 Å². The molecule has 6 heteroatoms. The van der Waals surface area contributed by atoms with Crippen molar-refractivity contribution in [3.8, 4) is 11.5 Å². The van der Waals surface area contributed by atoms with E-state index >= 15 is 0 Å². The summed E-state index contributed by atoms with van der Waals surface area (Å²) >= 11 is 0. The van der Waals surface area contributed by atoms with Gasteiger partial charge in [0.25, 0.3) is 11.8 Å². The molecule has 2 amide bonds. The van der Waals surface area contributed by atoms with E-state index in [1.807, 2.05) is 36.4 Å². The zero-order valence-electron chi connectivity index (χ0n) is 17.1. The smallest absolute Gasteiger partial charge is 0.264 e. The average Bonchev–Trinajstić information content (AvgIpc) is 2.82. The Labute approximate surface area is 181 Å². The first-order valence-electron chi connectivity index (χ1n) is 10.3. The van der Waals surface area contributed by atoms with Crippen LogP contribution < -0.4 is 19.7 Å². The molecule has 1 heterocycles. The molecule has 31 heavy (non-hydrogen) atoms. The van der Waals surface area contributed by atoms with E-state index in [-0.39, 0.29) is 25.0 Å². The molecule has 1 N–H and O–H groups in total. The number of benzene rings is 3. The predicted octanol–water partition coefficient (Wildman–Crippen LogP) is 4.06. The highest BCUT2D eigenvalue weighted by atomic mass is 16.5. The van der Waals surface area contributed by atoms with E-state index in [1.165, 1.54) is 5.56 Å². The third-order valence-corrected chi connectivity index (χ3v) is 5.04. The lowest BCUT2D eigenvalue weighted by Crippen LogP contribution is -2.38. The van der Waals surface area contributed by atoms with Gasteiger partial charge in [0, 0.05) is 12.2 Å². The molecule has 0 aliphatic carbocycles. The van der Waals surface area contributed by atoms with Gasteiger partial charge in [0.1, 0.15) is 11.5 Å². The van der Waals surface area contributed by atoms with Crippen molar-refractivity contribution in [2.24, 2.45) is 0 Å². The van der Waals surface area contributed by atoms with E-state index in [0.29, 0.717) is 23.7 Å². The molecule has 0 aromatic heterocycles. The van der Waals surface area contributed by atoms with Gasteiger partial charge in [0.05, 0.1) is 5.69 Å². The number of nitrogens with one attached hydrogen (secondary N) is 1. The molecule has 3 aromatic carbocycles. The normalized spacial score (nSPS) is 12.6. The Balaban J connectivity index is 1.36. The topological polar surface area (TPSA) is 67.9 Å².